The Kier molecular flexibility index (Phi) is 6.77. The molecule has 1 rings (SSSR count). The number of rotatable bonds is 4. The van der Waals surface area contributed by atoms with Gasteiger partial charge in [0.05, 0.1) is 6.04 Å². The van der Waals surface area contributed by atoms with Gasteiger partial charge >= 0.3 is 0 Å². The molecular formula is C12H19ClN2O. The van der Waals surface area contributed by atoms with Crippen molar-refractivity contribution in [1.29, 1.82) is 0 Å². The van der Waals surface area contributed by atoms with Crippen LogP contribution in [0.4, 0.5) is 0 Å². The smallest absolute Gasteiger partial charge is 0.236 e. The summed E-state index contributed by atoms with van der Waals surface area (Å²) in [6, 6.07) is 7.65. The molecule has 0 aliphatic heterocycles. The van der Waals surface area contributed by atoms with E-state index in [1.807, 2.05) is 18.2 Å². The molecule has 4 heteroatoms. The molecule has 0 radical (unpaired) electrons. The van der Waals surface area contributed by atoms with Crippen molar-refractivity contribution in [2.75, 3.05) is 0 Å². The molecule has 90 valence electrons. The molecular weight excluding hydrogens is 224 g/mol. The largest absolute Gasteiger partial charge is 0.351 e. The Morgan fingerprint density at radius 1 is 1.38 bits per heavy atom. The Balaban J connectivity index is 0.00000225. The highest BCUT2D eigenvalue weighted by Crippen LogP contribution is 2.08. The van der Waals surface area contributed by atoms with Gasteiger partial charge in [0.25, 0.3) is 0 Å². The van der Waals surface area contributed by atoms with Crippen LogP contribution in [0.5, 0.6) is 0 Å². The minimum atomic E-state index is -0.446. The molecule has 0 heterocycles. The summed E-state index contributed by atoms with van der Waals surface area (Å²) >= 11 is 0. The molecule has 3 nitrogen and oxygen atoms in total. The van der Waals surface area contributed by atoms with E-state index >= 15 is 0 Å². The highest BCUT2D eigenvalue weighted by atomic mass is 35.5. The lowest BCUT2D eigenvalue weighted by molar-refractivity contribution is -0.122. The second-order valence-corrected chi connectivity index (χ2v) is 3.63. The Bertz CT molecular complexity index is 340. The molecule has 0 aliphatic rings. The molecule has 3 N–H and O–H groups in total. The van der Waals surface area contributed by atoms with Gasteiger partial charge in [0.15, 0.2) is 0 Å². The van der Waals surface area contributed by atoms with Crippen LogP contribution in [-0.4, -0.2) is 11.9 Å². The fraction of sp³-hybridized carbons (Fsp3) is 0.417. The molecule has 0 unspecified atom stereocenters. The summed E-state index contributed by atoms with van der Waals surface area (Å²) < 4.78 is 0. The standard InChI is InChI=1S/C12H18N2O.ClH/c1-3-10-6-4-5-7-11(10)8-14-12(15)9(2)13;/h4-7,9H,3,8,13H2,1-2H3,(H,14,15);1H/t9-;/m0./s1. The normalized spacial score (nSPS) is 11.4. The van der Waals surface area contributed by atoms with Gasteiger partial charge < -0.3 is 11.1 Å². The second-order valence-electron chi connectivity index (χ2n) is 3.63. The highest BCUT2D eigenvalue weighted by molar-refractivity contribution is 5.85. The van der Waals surface area contributed by atoms with Gasteiger partial charge in [-0.1, -0.05) is 31.2 Å². The van der Waals surface area contributed by atoms with Crippen LogP contribution in [0.15, 0.2) is 24.3 Å². The van der Waals surface area contributed by atoms with Crippen molar-refractivity contribution in [3.05, 3.63) is 35.4 Å². The van der Waals surface area contributed by atoms with E-state index < -0.39 is 6.04 Å². The van der Waals surface area contributed by atoms with Gasteiger partial charge in [0.2, 0.25) is 5.91 Å². The fourth-order valence-corrected chi connectivity index (χ4v) is 1.42. The lowest BCUT2D eigenvalue weighted by atomic mass is 10.1. The molecule has 0 spiro atoms. The van der Waals surface area contributed by atoms with Crippen molar-refractivity contribution in [2.45, 2.75) is 32.9 Å². The number of carbonyl (C=O) groups is 1. The molecule has 0 aromatic heterocycles. The van der Waals surface area contributed by atoms with E-state index in [0.29, 0.717) is 6.54 Å². The third-order valence-corrected chi connectivity index (χ3v) is 2.37. The number of halogens is 1. The van der Waals surface area contributed by atoms with Crippen LogP contribution in [0.3, 0.4) is 0 Å². The minimum Gasteiger partial charge on any atom is -0.351 e. The van der Waals surface area contributed by atoms with Gasteiger partial charge in [-0.25, -0.2) is 0 Å². The van der Waals surface area contributed by atoms with E-state index in [4.69, 9.17) is 5.73 Å². The molecule has 0 aliphatic carbocycles. The average Bonchev–Trinajstić information content (AvgIpc) is 2.26. The maximum atomic E-state index is 11.3. The molecule has 1 aromatic carbocycles. The van der Waals surface area contributed by atoms with Crippen molar-refractivity contribution >= 4 is 18.3 Å². The van der Waals surface area contributed by atoms with Gasteiger partial charge in [-0.3, -0.25) is 4.79 Å². The topological polar surface area (TPSA) is 55.1 Å². The minimum absolute atomic E-state index is 0. The van der Waals surface area contributed by atoms with E-state index in [9.17, 15) is 4.79 Å². The number of amides is 1. The Morgan fingerprint density at radius 3 is 2.44 bits per heavy atom. The highest BCUT2D eigenvalue weighted by Gasteiger charge is 2.07. The van der Waals surface area contributed by atoms with Crippen molar-refractivity contribution in [3.8, 4) is 0 Å². The molecule has 0 fully saturated rings. The van der Waals surface area contributed by atoms with Crippen LogP contribution in [0.1, 0.15) is 25.0 Å². The van der Waals surface area contributed by atoms with Crippen molar-refractivity contribution in [3.63, 3.8) is 0 Å². The molecule has 0 bridgehead atoms. The van der Waals surface area contributed by atoms with Crippen molar-refractivity contribution < 1.29 is 4.79 Å². The zero-order valence-electron chi connectivity index (χ0n) is 9.69. The number of carbonyl (C=O) groups excluding carboxylic acids is 1. The lowest BCUT2D eigenvalue weighted by Gasteiger charge is -2.10. The molecule has 0 saturated carbocycles. The number of aryl methyl sites for hydroxylation is 1. The third-order valence-electron chi connectivity index (χ3n) is 2.37. The number of hydrogen-bond acceptors (Lipinski definition) is 2. The maximum absolute atomic E-state index is 11.3. The second kappa shape index (κ2) is 7.25. The van der Waals surface area contributed by atoms with Crippen LogP contribution in [0.25, 0.3) is 0 Å². The predicted molar refractivity (Wildman–Crippen MR) is 68.6 cm³/mol. The Morgan fingerprint density at radius 2 is 1.94 bits per heavy atom. The third kappa shape index (κ3) is 4.21. The number of hydrogen-bond donors (Lipinski definition) is 2. The summed E-state index contributed by atoms with van der Waals surface area (Å²) in [6.07, 6.45) is 0.976. The summed E-state index contributed by atoms with van der Waals surface area (Å²) in [7, 11) is 0. The first-order chi connectivity index (χ1) is 7.15. The molecule has 1 aromatic rings. The molecule has 1 amide bonds. The van der Waals surface area contributed by atoms with Gasteiger partial charge in [-0.05, 0) is 24.5 Å². The van der Waals surface area contributed by atoms with Crippen LogP contribution < -0.4 is 11.1 Å². The Labute approximate surface area is 103 Å². The van der Waals surface area contributed by atoms with Crippen molar-refractivity contribution in [1.82, 2.24) is 5.32 Å². The van der Waals surface area contributed by atoms with Gasteiger partial charge in [0, 0.05) is 6.54 Å². The quantitative estimate of drug-likeness (QED) is 0.843. The van der Waals surface area contributed by atoms with E-state index in [1.165, 1.54) is 5.56 Å². The first kappa shape index (κ1) is 14.9. The van der Waals surface area contributed by atoms with E-state index in [-0.39, 0.29) is 18.3 Å². The summed E-state index contributed by atoms with van der Waals surface area (Å²) in [5, 5.41) is 2.81. The Hall–Kier alpha value is -1.06. The summed E-state index contributed by atoms with van der Waals surface area (Å²) in [4.78, 5) is 11.3. The maximum Gasteiger partial charge on any atom is 0.236 e. The SMILES string of the molecule is CCc1ccccc1CNC(=O)[C@H](C)N.Cl. The predicted octanol–water partition coefficient (Wildman–Crippen LogP) is 1.63. The number of benzene rings is 1. The van der Waals surface area contributed by atoms with Gasteiger partial charge in [-0.2, -0.15) is 0 Å². The molecule has 0 saturated heterocycles. The van der Waals surface area contributed by atoms with Crippen LogP contribution in [0, 0.1) is 0 Å². The number of nitrogens with one attached hydrogen (secondary N) is 1. The molecule has 1 atom stereocenters. The first-order valence-corrected chi connectivity index (χ1v) is 5.25. The monoisotopic (exact) mass is 242 g/mol. The van der Waals surface area contributed by atoms with Crippen LogP contribution >= 0.6 is 12.4 Å². The van der Waals surface area contributed by atoms with E-state index in [1.54, 1.807) is 6.92 Å². The summed E-state index contributed by atoms with van der Waals surface area (Å²) in [5.41, 5.74) is 7.89. The number of nitrogens with two attached hydrogens (primary N) is 1. The zero-order chi connectivity index (χ0) is 11.3. The lowest BCUT2D eigenvalue weighted by Crippen LogP contribution is -2.37. The van der Waals surface area contributed by atoms with Crippen LogP contribution in [0.2, 0.25) is 0 Å². The van der Waals surface area contributed by atoms with E-state index in [0.717, 1.165) is 12.0 Å². The van der Waals surface area contributed by atoms with Gasteiger partial charge in [0.1, 0.15) is 0 Å². The summed E-state index contributed by atoms with van der Waals surface area (Å²) in [5.74, 6) is -0.110. The zero-order valence-corrected chi connectivity index (χ0v) is 10.5. The first-order valence-electron chi connectivity index (χ1n) is 5.25. The average molecular weight is 243 g/mol. The molecule has 16 heavy (non-hydrogen) atoms. The van der Waals surface area contributed by atoms with Gasteiger partial charge in [-0.15, -0.1) is 12.4 Å². The summed E-state index contributed by atoms with van der Waals surface area (Å²) in [6.45, 7) is 4.34. The van der Waals surface area contributed by atoms with E-state index in [2.05, 4.69) is 18.3 Å². The van der Waals surface area contributed by atoms with Crippen molar-refractivity contribution in [2.24, 2.45) is 5.73 Å². The fourth-order valence-electron chi connectivity index (χ4n) is 1.42. The van der Waals surface area contributed by atoms with Crippen LogP contribution in [-0.2, 0) is 17.8 Å².